The van der Waals surface area contributed by atoms with Crippen LogP contribution < -0.4 is 4.90 Å². The molecule has 2 heteroatoms. The van der Waals surface area contributed by atoms with Gasteiger partial charge < -0.3 is 9.32 Å². The summed E-state index contributed by atoms with van der Waals surface area (Å²) in [4.78, 5) is 2.40. The fourth-order valence-corrected chi connectivity index (χ4v) is 9.42. The maximum Gasteiger partial charge on any atom is 0.143 e. The molecule has 0 fully saturated rings. The molecular formula is C60H39NO. The highest BCUT2D eigenvalue weighted by Gasteiger charge is 2.20. The van der Waals surface area contributed by atoms with Crippen molar-refractivity contribution in [2.24, 2.45) is 0 Å². The van der Waals surface area contributed by atoms with Crippen LogP contribution >= 0.6 is 0 Å². The smallest absolute Gasteiger partial charge is 0.143 e. The average molecular weight is 790 g/mol. The Balaban J connectivity index is 0.996. The molecule has 11 aromatic carbocycles. The summed E-state index contributed by atoms with van der Waals surface area (Å²) in [6, 6.07) is 85.5. The van der Waals surface area contributed by atoms with E-state index in [4.69, 9.17) is 4.42 Å². The highest BCUT2D eigenvalue weighted by atomic mass is 16.3. The molecule has 0 amide bonds. The van der Waals surface area contributed by atoms with Crippen molar-refractivity contribution < 1.29 is 4.42 Å². The minimum atomic E-state index is 0.887. The predicted octanol–water partition coefficient (Wildman–Crippen LogP) is 17.2. The van der Waals surface area contributed by atoms with Crippen molar-refractivity contribution in [1.82, 2.24) is 0 Å². The normalized spacial score (nSPS) is 11.5. The molecule has 12 rings (SSSR count). The van der Waals surface area contributed by atoms with E-state index in [-0.39, 0.29) is 0 Å². The standard InChI is InChI=1S/C60H39NO/c1-2-12-40(13-3-1)41-24-26-45(27-25-41)53-19-8-9-22-57(53)61(49-34-30-42(31-35-49)46-33-36-52-48(38-46)29-28-43-14-4-6-18-51(43)52)50-17-10-16-47(39-50)54-21-11-23-58-59(54)56-37-32-44-15-5-7-20-55(44)60(56)62-58/h1-39H. The lowest BCUT2D eigenvalue weighted by molar-refractivity contribution is 0.673. The first-order valence-corrected chi connectivity index (χ1v) is 21.2. The predicted molar refractivity (Wildman–Crippen MR) is 263 cm³/mol. The number of anilines is 3. The minimum absolute atomic E-state index is 0.887. The van der Waals surface area contributed by atoms with Crippen molar-refractivity contribution in [1.29, 1.82) is 0 Å². The van der Waals surface area contributed by atoms with E-state index in [1.165, 1.54) is 49.2 Å². The van der Waals surface area contributed by atoms with Gasteiger partial charge in [0.15, 0.2) is 0 Å². The van der Waals surface area contributed by atoms with Crippen LogP contribution in [-0.4, -0.2) is 0 Å². The first kappa shape index (κ1) is 35.7. The van der Waals surface area contributed by atoms with E-state index >= 15 is 0 Å². The monoisotopic (exact) mass is 789 g/mol. The number of hydrogen-bond donors (Lipinski definition) is 0. The zero-order chi connectivity index (χ0) is 41.0. The van der Waals surface area contributed by atoms with Gasteiger partial charge in [-0.2, -0.15) is 0 Å². The average Bonchev–Trinajstić information content (AvgIpc) is 3.74. The van der Waals surface area contributed by atoms with Gasteiger partial charge in [0.2, 0.25) is 0 Å². The summed E-state index contributed by atoms with van der Waals surface area (Å²) < 4.78 is 6.63. The molecule has 0 atom stereocenters. The Hall–Kier alpha value is -8.20. The Morgan fingerprint density at radius 2 is 0.855 bits per heavy atom. The van der Waals surface area contributed by atoms with Crippen molar-refractivity contribution >= 4 is 71.3 Å². The van der Waals surface area contributed by atoms with Gasteiger partial charge in [0.25, 0.3) is 0 Å². The van der Waals surface area contributed by atoms with Crippen LogP contribution in [0.25, 0.3) is 98.8 Å². The van der Waals surface area contributed by atoms with Crippen molar-refractivity contribution in [2.75, 3.05) is 4.90 Å². The number of hydrogen-bond acceptors (Lipinski definition) is 2. The summed E-state index contributed by atoms with van der Waals surface area (Å²) >= 11 is 0. The number of fused-ring (bicyclic) bond motifs is 8. The maximum absolute atomic E-state index is 6.63. The first-order valence-electron chi connectivity index (χ1n) is 21.2. The lowest BCUT2D eigenvalue weighted by atomic mass is 9.96. The van der Waals surface area contributed by atoms with E-state index in [0.29, 0.717) is 0 Å². The third-order valence-electron chi connectivity index (χ3n) is 12.5. The van der Waals surface area contributed by atoms with Crippen LogP contribution in [0.3, 0.4) is 0 Å². The Bertz CT molecular complexity index is 3620. The molecule has 12 aromatic rings. The molecule has 0 aliphatic carbocycles. The van der Waals surface area contributed by atoms with E-state index in [1.807, 2.05) is 0 Å². The minimum Gasteiger partial charge on any atom is -0.455 e. The third kappa shape index (κ3) is 6.12. The maximum atomic E-state index is 6.63. The molecule has 0 saturated carbocycles. The number of benzene rings is 11. The SMILES string of the molecule is c1ccc(-c2ccc(-c3ccccc3N(c3ccc(-c4ccc5c(ccc6ccccc65)c4)cc3)c3cccc(-c4cccc5oc6c7ccccc7ccc6c45)c3)cc2)cc1. The summed E-state index contributed by atoms with van der Waals surface area (Å²) in [6.45, 7) is 0. The molecule has 0 N–H and O–H groups in total. The van der Waals surface area contributed by atoms with Crippen molar-refractivity contribution in [3.8, 4) is 44.5 Å². The highest BCUT2D eigenvalue weighted by molar-refractivity contribution is 6.19. The molecule has 0 unspecified atom stereocenters. The molecular weight excluding hydrogens is 751 g/mol. The van der Waals surface area contributed by atoms with Crippen LogP contribution in [0.2, 0.25) is 0 Å². The fraction of sp³-hybridized carbons (Fsp3) is 0. The van der Waals surface area contributed by atoms with Gasteiger partial charge in [-0.1, -0.05) is 188 Å². The number of rotatable bonds is 7. The van der Waals surface area contributed by atoms with Gasteiger partial charge in [-0.15, -0.1) is 0 Å². The largest absolute Gasteiger partial charge is 0.455 e. The number of para-hydroxylation sites is 1. The van der Waals surface area contributed by atoms with Crippen LogP contribution in [-0.2, 0) is 0 Å². The van der Waals surface area contributed by atoms with Gasteiger partial charge in [0.1, 0.15) is 11.2 Å². The zero-order valence-corrected chi connectivity index (χ0v) is 33.9. The van der Waals surface area contributed by atoms with Gasteiger partial charge in [0.05, 0.1) is 5.69 Å². The first-order chi connectivity index (χ1) is 30.7. The van der Waals surface area contributed by atoms with E-state index in [0.717, 1.165) is 66.6 Å². The van der Waals surface area contributed by atoms with E-state index in [2.05, 4.69) is 241 Å². The molecule has 1 aromatic heterocycles. The van der Waals surface area contributed by atoms with E-state index in [9.17, 15) is 0 Å². The highest BCUT2D eigenvalue weighted by Crippen LogP contribution is 2.45. The quantitative estimate of drug-likeness (QED) is 0.150. The Labute approximate surface area is 360 Å². The van der Waals surface area contributed by atoms with Crippen molar-refractivity contribution in [2.45, 2.75) is 0 Å². The van der Waals surface area contributed by atoms with Crippen LogP contribution in [0.4, 0.5) is 17.1 Å². The van der Waals surface area contributed by atoms with Gasteiger partial charge >= 0.3 is 0 Å². The third-order valence-corrected chi connectivity index (χ3v) is 12.5. The lowest BCUT2D eigenvalue weighted by Gasteiger charge is -2.28. The van der Waals surface area contributed by atoms with Gasteiger partial charge in [-0.25, -0.2) is 0 Å². The van der Waals surface area contributed by atoms with Crippen LogP contribution in [0.15, 0.2) is 241 Å². The Morgan fingerprint density at radius 3 is 1.71 bits per heavy atom. The summed E-state index contributed by atoms with van der Waals surface area (Å²) in [6.07, 6.45) is 0. The molecule has 0 saturated heterocycles. The second-order valence-electron chi connectivity index (χ2n) is 16.1. The lowest BCUT2D eigenvalue weighted by Crippen LogP contribution is -2.11. The Morgan fingerprint density at radius 1 is 0.290 bits per heavy atom. The van der Waals surface area contributed by atoms with Crippen LogP contribution in [0.5, 0.6) is 0 Å². The Kier molecular flexibility index (Phi) is 8.53. The number of nitrogens with zero attached hydrogens (tertiary/aromatic N) is 1. The molecule has 0 radical (unpaired) electrons. The van der Waals surface area contributed by atoms with Gasteiger partial charge in [-0.05, 0) is 114 Å². The van der Waals surface area contributed by atoms with Crippen LogP contribution in [0, 0.1) is 0 Å². The molecule has 0 aliphatic heterocycles. The second-order valence-corrected chi connectivity index (χ2v) is 16.1. The molecule has 290 valence electrons. The zero-order valence-electron chi connectivity index (χ0n) is 33.9. The molecule has 62 heavy (non-hydrogen) atoms. The summed E-state index contributed by atoms with van der Waals surface area (Å²) in [7, 11) is 0. The molecule has 0 aliphatic rings. The van der Waals surface area contributed by atoms with Crippen molar-refractivity contribution in [3.05, 3.63) is 237 Å². The number of furan rings is 1. The van der Waals surface area contributed by atoms with Gasteiger partial charge in [-0.3, -0.25) is 0 Å². The van der Waals surface area contributed by atoms with Gasteiger partial charge in [0, 0.05) is 33.1 Å². The second kappa shape index (κ2) is 14.8. The van der Waals surface area contributed by atoms with E-state index in [1.54, 1.807) is 0 Å². The molecule has 0 bridgehead atoms. The summed E-state index contributed by atoms with van der Waals surface area (Å²) in [5.41, 5.74) is 14.4. The molecule has 1 heterocycles. The summed E-state index contributed by atoms with van der Waals surface area (Å²) in [5.74, 6) is 0. The van der Waals surface area contributed by atoms with E-state index < -0.39 is 0 Å². The molecule has 0 spiro atoms. The van der Waals surface area contributed by atoms with Crippen LogP contribution in [0.1, 0.15) is 0 Å². The molecule has 2 nitrogen and oxygen atoms in total. The fourth-order valence-electron chi connectivity index (χ4n) is 9.42. The van der Waals surface area contributed by atoms with Crippen molar-refractivity contribution in [3.63, 3.8) is 0 Å². The topological polar surface area (TPSA) is 16.4 Å². The summed E-state index contributed by atoms with van der Waals surface area (Å²) in [5, 5.41) is 9.61.